The highest BCUT2D eigenvalue weighted by atomic mass is 35.5. The SMILES string of the molecule is COc1ccc(-n2nnc(-c3nc(C)c(C(=O)NCCc4ccc(Cl)cc4)s3)c2C)cc1. The lowest BCUT2D eigenvalue weighted by Crippen LogP contribution is -2.25. The normalized spacial score (nSPS) is 10.9. The molecule has 0 aliphatic heterocycles. The molecule has 164 valence electrons. The quantitative estimate of drug-likeness (QED) is 0.428. The molecule has 0 unspecified atom stereocenters. The topological polar surface area (TPSA) is 81.9 Å². The zero-order valence-corrected chi connectivity index (χ0v) is 19.5. The van der Waals surface area contributed by atoms with Crippen LogP contribution in [0.5, 0.6) is 5.75 Å². The number of benzene rings is 2. The third kappa shape index (κ3) is 4.66. The molecule has 1 N–H and O–H groups in total. The van der Waals surface area contributed by atoms with Crippen LogP contribution >= 0.6 is 22.9 Å². The number of nitrogens with zero attached hydrogens (tertiary/aromatic N) is 4. The maximum absolute atomic E-state index is 12.7. The number of aromatic nitrogens is 4. The van der Waals surface area contributed by atoms with Crippen LogP contribution in [-0.4, -0.2) is 39.5 Å². The average Bonchev–Trinajstić information content (AvgIpc) is 3.37. The van der Waals surface area contributed by atoms with Crippen LogP contribution in [0.3, 0.4) is 0 Å². The maximum Gasteiger partial charge on any atom is 0.263 e. The van der Waals surface area contributed by atoms with Crippen molar-refractivity contribution in [3.8, 4) is 22.1 Å². The first-order valence-corrected chi connectivity index (χ1v) is 11.2. The van der Waals surface area contributed by atoms with Crippen LogP contribution in [0.4, 0.5) is 0 Å². The lowest BCUT2D eigenvalue weighted by atomic mass is 10.1. The van der Waals surface area contributed by atoms with E-state index in [2.05, 4.69) is 20.6 Å². The molecule has 0 aliphatic rings. The van der Waals surface area contributed by atoms with E-state index in [1.807, 2.05) is 62.4 Å². The molecule has 2 aromatic heterocycles. The van der Waals surface area contributed by atoms with Gasteiger partial charge >= 0.3 is 0 Å². The molecular formula is C23H22ClN5O2S. The molecule has 9 heteroatoms. The number of nitrogens with one attached hydrogen (secondary N) is 1. The summed E-state index contributed by atoms with van der Waals surface area (Å²) in [6, 6.07) is 15.2. The summed E-state index contributed by atoms with van der Waals surface area (Å²) < 4.78 is 6.96. The minimum absolute atomic E-state index is 0.139. The predicted octanol–water partition coefficient (Wildman–Crippen LogP) is 4.64. The van der Waals surface area contributed by atoms with E-state index in [4.69, 9.17) is 16.3 Å². The number of hydrogen-bond acceptors (Lipinski definition) is 6. The standard InChI is InChI=1S/C23H22ClN5O2S/c1-14-21(22(30)25-13-12-16-4-6-17(24)7-5-16)32-23(26-14)20-15(2)29(28-27-20)18-8-10-19(31-3)11-9-18/h4-11H,12-13H2,1-3H3,(H,25,30). The highest BCUT2D eigenvalue weighted by Crippen LogP contribution is 2.29. The molecule has 0 radical (unpaired) electrons. The van der Waals surface area contributed by atoms with Crippen LogP contribution < -0.4 is 10.1 Å². The van der Waals surface area contributed by atoms with Gasteiger partial charge in [-0.05, 0) is 62.2 Å². The summed E-state index contributed by atoms with van der Waals surface area (Å²) in [5.74, 6) is 0.634. The molecular weight excluding hydrogens is 446 g/mol. The minimum atomic E-state index is -0.139. The number of carbonyl (C=O) groups excluding carboxylic acids is 1. The number of hydrogen-bond donors (Lipinski definition) is 1. The molecule has 32 heavy (non-hydrogen) atoms. The molecule has 0 spiro atoms. The summed E-state index contributed by atoms with van der Waals surface area (Å²) in [7, 11) is 1.63. The van der Waals surface area contributed by atoms with Crippen molar-refractivity contribution in [2.45, 2.75) is 20.3 Å². The van der Waals surface area contributed by atoms with Gasteiger partial charge in [0, 0.05) is 11.6 Å². The van der Waals surface area contributed by atoms with Crippen molar-refractivity contribution in [2.75, 3.05) is 13.7 Å². The van der Waals surface area contributed by atoms with Crippen molar-refractivity contribution in [1.29, 1.82) is 0 Å². The van der Waals surface area contributed by atoms with E-state index >= 15 is 0 Å². The van der Waals surface area contributed by atoms with Gasteiger partial charge < -0.3 is 10.1 Å². The number of ether oxygens (including phenoxy) is 1. The summed E-state index contributed by atoms with van der Waals surface area (Å²) in [6.07, 6.45) is 0.725. The van der Waals surface area contributed by atoms with Gasteiger partial charge in [0.1, 0.15) is 21.3 Å². The first kappa shape index (κ1) is 22.0. The van der Waals surface area contributed by atoms with Crippen LogP contribution in [0.25, 0.3) is 16.4 Å². The fraction of sp³-hybridized carbons (Fsp3) is 0.217. The van der Waals surface area contributed by atoms with Crippen molar-refractivity contribution in [1.82, 2.24) is 25.3 Å². The first-order chi connectivity index (χ1) is 15.5. The highest BCUT2D eigenvalue weighted by molar-refractivity contribution is 7.17. The van der Waals surface area contributed by atoms with E-state index in [1.165, 1.54) is 11.3 Å². The van der Waals surface area contributed by atoms with Crippen LogP contribution in [0.1, 0.15) is 26.6 Å². The summed E-state index contributed by atoms with van der Waals surface area (Å²) in [5.41, 5.74) is 4.16. The summed E-state index contributed by atoms with van der Waals surface area (Å²) in [4.78, 5) is 17.9. The fourth-order valence-electron chi connectivity index (χ4n) is 3.26. The Hall–Kier alpha value is -3.23. The monoisotopic (exact) mass is 467 g/mol. The van der Waals surface area contributed by atoms with Crippen molar-refractivity contribution in [2.24, 2.45) is 0 Å². The molecule has 0 bridgehead atoms. The fourth-order valence-corrected chi connectivity index (χ4v) is 4.40. The number of rotatable bonds is 7. The van der Waals surface area contributed by atoms with E-state index in [0.29, 0.717) is 32.8 Å². The van der Waals surface area contributed by atoms with E-state index < -0.39 is 0 Å². The smallest absolute Gasteiger partial charge is 0.263 e. The zero-order chi connectivity index (χ0) is 22.7. The van der Waals surface area contributed by atoms with Crippen molar-refractivity contribution in [3.05, 3.63) is 75.4 Å². The van der Waals surface area contributed by atoms with Crippen LogP contribution in [0.2, 0.25) is 5.02 Å². The highest BCUT2D eigenvalue weighted by Gasteiger charge is 2.20. The number of methoxy groups -OCH3 is 1. The second kappa shape index (κ2) is 9.50. The predicted molar refractivity (Wildman–Crippen MR) is 126 cm³/mol. The number of carbonyl (C=O) groups is 1. The Morgan fingerprint density at radius 2 is 1.84 bits per heavy atom. The summed E-state index contributed by atoms with van der Waals surface area (Å²) >= 11 is 7.24. The van der Waals surface area contributed by atoms with Gasteiger partial charge in [0.15, 0.2) is 0 Å². The lowest BCUT2D eigenvalue weighted by Gasteiger charge is -2.05. The van der Waals surface area contributed by atoms with Crippen LogP contribution in [0, 0.1) is 13.8 Å². The van der Waals surface area contributed by atoms with E-state index in [9.17, 15) is 4.79 Å². The summed E-state index contributed by atoms with van der Waals surface area (Å²) in [6.45, 7) is 4.29. The summed E-state index contributed by atoms with van der Waals surface area (Å²) in [5, 5.41) is 12.9. The number of halogens is 1. The average molecular weight is 468 g/mol. The molecule has 2 aromatic carbocycles. The first-order valence-electron chi connectivity index (χ1n) is 10.0. The molecule has 4 rings (SSSR count). The van der Waals surface area contributed by atoms with Gasteiger partial charge in [0.05, 0.1) is 24.2 Å². The van der Waals surface area contributed by atoms with E-state index in [0.717, 1.165) is 29.1 Å². The molecule has 0 saturated heterocycles. The zero-order valence-electron chi connectivity index (χ0n) is 17.9. The molecule has 0 saturated carbocycles. The van der Waals surface area contributed by atoms with Gasteiger partial charge in [-0.15, -0.1) is 16.4 Å². The van der Waals surface area contributed by atoms with Gasteiger partial charge in [-0.25, -0.2) is 9.67 Å². The van der Waals surface area contributed by atoms with Gasteiger partial charge in [0.25, 0.3) is 5.91 Å². The van der Waals surface area contributed by atoms with Crippen LogP contribution in [0.15, 0.2) is 48.5 Å². The van der Waals surface area contributed by atoms with Crippen molar-refractivity contribution >= 4 is 28.8 Å². The van der Waals surface area contributed by atoms with Crippen molar-refractivity contribution < 1.29 is 9.53 Å². The van der Waals surface area contributed by atoms with Crippen molar-refractivity contribution in [3.63, 3.8) is 0 Å². The van der Waals surface area contributed by atoms with E-state index in [1.54, 1.807) is 11.8 Å². The number of amides is 1. The second-order valence-electron chi connectivity index (χ2n) is 7.20. The number of thiazole rings is 1. The molecule has 7 nitrogen and oxygen atoms in total. The maximum atomic E-state index is 12.7. The molecule has 0 atom stereocenters. The Morgan fingerprint density at radius 3 is 2.53 bits per heavy atom. The molecule has 4 aromatic rings. The Balaban J connectivity index is 1.47. The van der Waals surface area contributed by atoms with Gasteiger partial charge in [-0.2, -0.15) is 0 Å². The molecule has 0 aliphatic carbocycles. The molecule has 2 heterocycles. The number of aryl methyl sites for hydroxylation is 1. The van der Waals surface area contributed by atoms with Crippen LogP contribution in [-0.2, 0) is 6.42 Å². The third-order valence-electron chi connectivity index (χ3n) is 5.03. The largest absolute Gasteiger partial charge is 0.497 e. The van der Waals surface area contributed by atoms with Gasteiger partial charge in [-0.1, -0.05) is 28.9 Å². The Morgan fingerprint density at radius 1 is 1.12 bits per heavy atom. The molecule has 1 amide bonds. The Kier molecular flexibility index (Phi) is 6.53. The van der Waals surface area contributed by atoms with Gasteiger partial charge in [0.2, 0.25) is 0 Å². The van der Waals surface area contributed by atoms with Gasteiger partial charge in [-0.3, -0.25) is 4.79 Å². The third-order valence-corrected chi connectivity index (χ3v) is 6.44. The second-order valence-corrected chi connectivity index (χ2v) is 8.63. The Labute approximate surface area is 195 Å². The lowest BCUT2D eigenvalue weighted by molar-refractivity contribution is 0.0957. The Bertz CT molecular complexity index is 1230. The minimum Gasteiger partial charge on any atom is -0.497 e. The molecule has 0 fully saturated rings. The van der Waals surface area contributed by atoms with E-state index in [-0.39, 0.29) is 5.91 Å².